The zero-order chi connectivity index (χ0) is 27.4. The first-order chi connectivity index (χ1) is 18.9. The Morgan fingerprint density at radius 2 is 1.56 bits per heavy atom. The summed E-state index contributed by atoms with van der Waals surface area (Å²) < 4.78 is 7.00. The average Bonchev–Trinajstić information content (AvgIpc) is 2.96. The number of nitro benzene ring substituents is 2. The largest absolute Gasteiger partial charge is 0.488 e. The van der Waals surface area contributed by atoms with Gasteiger partial charge in [-0.05, 0) is 23.8 Å². The van der Waals surface area contributed by atoms with E-state index in [0.717, 1.165) is 4.68 Å². The standard InChI is InChI=1S/C28H19N5O6/c34-28-24-11-4-5-12-25(24)30-27(20-8-2-1-3-9-20)31(28)29-17-21-16-23(33(37)38)13-14-26(21)39-18-19-7-6-10-22(15-19)32(35)36/h1-17H,18H2. The van der Waals surface area contributed by atoms with Crippen LogP contribution in [0, 0.1) is 20.2 Å². The van der Waals surface area contributed by atoms with E-state index in [-0.39, 0.29) is 29.3 Å². The Morgan fingerprint density at radius 1 is 0.846 bits per heavy atom. The van der Waals surface area contributed by atoms with Gasteiger partial charge in [0.2, 0.25) is 0 Å². The predicted octanol–water partition coefficient (Wildman–Crippen LogP) is 5.34. The fourth-order valence-electron chi connectivity index (χ4n) is 3.93. The fraction of sp³-hybridized carbons (Fsp3) is 0.0357. The van der Waals surface area contributed by atoms with Crippen molar-refractivity contribution in [3.63, 3.8) is 0 Å². The lowest BCUT2D eigenvalue weighted by atomic mass is 10.2. The summed E-state index contributed by atoms with van der Waals surface area (Å²) in [6, 6.07) is 25.9. The smallest absolute Gasteiger partial charge is 0.282 e. The van der Waals surface area contributed by atoms with Crippen molar-refractivity contribution in [2.75, 3.05) is 0 Å². The van der Waals surface area contributed by atoms with Gasteiger partial charge in [-0.3, -0.25) is 25.0 Å². The molecule has 0 radical (unpaired) electrons. The summed E-state index contributed by atoms with van der Waals surface area (Å²) >= 11 is 0. The lowest BCUT2D eigenvalue weighted by Gasteiger charge is -2.11. The Kier molecular flexibility index (Phi) is 6.86. The van der Waals surface area contributed by atoms with Crippen LogP contribution in [0.3, 0.4) is 0 Å². The molecular formula is C28H19N5O6. The maximum Gasteiger partial charge on any atom is 0.282 e. The van der Waals surface area contributed by atoms with E-state index in [1.807, 2.05) is 18.2 Å². The molecule has 1 aromatic heterocycles. The van der Waals surface area contributed by atoms with Crippen molar-refractivity contribution in [1.82, 2.24) is 9.66 Å². The Labute approximate surface area is 220 Å². The minimum Gasteiger partial charge on any atom is -0.488 e. The van der Waals surface area contributed by atoms with Gasteiger partial charge >= 0.3 is 0 Å². The first-order valence-electron chi connectivity index (χ1n) is 11.7. The molecule has 0 aliphatic carbocycles. The normalized spacial score (nSPS) is 11.1. The van der Waals surface area contributed by atoms with E-state index in [1.165, 1.54) is 36.5 Å². The first-order valence-corrected chi connectivity index (χ1v) is 11.7. The Hall–Kier alpha value is -5.71. The van der Waals surface area contributed by atoms with Crippen LogP contribution < -0.4 is 10.3 Å². The van der Waals surface area contributed by atoms with E-state index in [1.54, 1.807) is 48.5 Å². The van der Waals surface area contributed by atoms with Gasteiger partial charge in [-0.1, -0.05) is 54.6 Å². The monoisotopic (exact) mass is 521 g/mol. The second-order valence-electron chi connectivity index (χ2n) is 8.38. The van der Waals surface area contributed by atoms with Gasteiger partial charge < -0.3 is 4.74 Å². The molecule has 1 heterocycles. The molecule has 0 N–H and O–H groups in total. The molecule has 0 amide bonds. The van der Waals surface area contributed by atoms with Crippen molar-refractivity contribution in [2.24, 2.45) is 5.10 Å². The van der Waals surface area contributed by atoms with Crippen LogP contribution >= 0.6 is 0 Å². The van der Waals surface area contributed by atoms with Gasteiger partial charge in [0, 0.05) is 35.4 Å². The molecule has 39 heavy (non-hydrogen) atoms. The van der Waals surface area contributed by atoms with E-state index < -0.39 is 15.4 Å². The highest BCUT2D eigenvalue weighted by molar-refractivity contribution is 5.85. The van der Waals surface area contributed by atoms with Crippen LogP contribution in [0.25, 0.3) is 22.3 Å². The molecule has 11 nitrogen and oxygen atoms in total. The molecular weight excluding hydrogens is 502 g/mol. The molecule has 0 spiro atoms. The number of rotatable bonds is 8. The fourth-order valence-corrected chi connectivity index (χ4v) is 3.93. The second-order valence-corrected chi connectivity index (χ2v) is 8.38. The molecule has 5 rings (SSSR count). The van der Waals surface area contributed by atoms with Crippen molar-refractivity contribution in [3.8, 4) is 17.1 Å². The lowest BCUT2D eigenvalue weighted by Crippen LogP contribution is -2.20. The number of non-ortho nitro benzene ring substituents is 2. The molecule has 5 aromatic rings. The van der Waals surface area contributed by atoms with Crippen molar-refractivity contribution in [1.29, 1.82) is 0 Å². The Morgan fingerprint density at radius 3 is 2.33 bits per heavy atom. The van der Waals surface area contributed by atoms with Crippen LogP contribution in [0.4, 0.5) is 11.4 Å². The number of ether oxygens (including phenoxy) is 1. The number of para-hydroxylation sites is 1. The van der Waals surface area contributed by atoms with Gasteiger partial charge in [0.05, 0.1) is 27.0 Å². The summed E-state index contributed by atoms with van der Waals surface area (Å²) in [4.78, 5) is 39.5. The Bertz CT molecular complexity index is 1800. The van der Waals surface area contributed by atoms with E-state index in [4.69, 9.17) is 4.74 Å². The third-order valence-corrected chi connectivity index (χ3v) is 5.82. The molecule has 0 atom stereocenters. The zero-order valence-electron chi connectivity index (χ0n) is 20.2. The highest BCUT2D eigenvalue weighted by atomic mass is 16.6. The second kappa shape index (κ2) is 10.7. The van der Waals surface area contributed by atoms with E-state index in [0.29, 0.717) is 27.9 Å². The lowest BCUT2D eigenvalue weighted by molar-refractivity contribution is -0.385. The maximum atomic E-state index is 13.4. The van der Waals surface area contributed by atoms with E-state index >= 15 is 0 Å². The van der Waals surface area contributed by atoms with E-state index in [2.05, 4.69) is 10.1 Å². The van der Waals surface area contributed by atoms with Gasteiger partial charge in [-0.2, -0.15) is 9.78 Å². The number of hydrogen-bond donors (Lipinski definition) is 0. The van der Waals surface area contributed by atoms with Gasteiger partial charge in [0.15, 0.2) is 5.82 Å². The highest BCUT2D eigenvalue weighted by Crippen LogP contribution is 2.25. The minimum absolute atomic E-state index is 0.0346. The molecule has 0 aliphatic heterocycles. The van der Waals surface area contributed by atoms with Gasteiger partial charge in [0.1, 0.15) is 12.4 Å². The number of fused-ring (bicyclic) bond motifs is 1. The Balaban J connectivity index is 1.57. The summed E-state index contributed by atoms with van der Waals surface area (Å²) in [6.07, 6.45) is 1.29. The maximum absolute atomic E-state index is 13.4. The van der Waals surface area contributed by atoms with Crippen molar-refractivity contribution >= 4 is 28.5 Å². The minimum atomic E-state index is -0.555. The number of hydrogen-bond acceptors (Lipinski definition) is 8. The number of nitrogens with zero attached hydrogens (tertiary/aromatic N) is 5. The molecule has 192 valence electrons. The van der Waals surface area contributed by atoms with Crippen LogP contribution in [-0.2, 0) is 6.61 Å². The topological polar surface area (TPSA) is 143 Å². The third-order valence-electron chi connectivity index (χ3n) is 5.82. The summed E-state index contributed by atoms with van der Waals surface area (Å²) in [5.74, 6) is 0.527. The van der Waals surface area contributed by atoms with Crippen LogP contribution in [0.15, 0.2) is 107 Å². The van der Waals surface area contributed by atoms with Crippen molar-refractivity contribution < 1.29 is 14.6 Å². The van der Waals surface area contributed by atoms with Crippen molar-refractivity contribution in [2.45, 2.75) is 6.61 Å². The molecule has 0 saturated heterocycles. The average molecular weight is 521 g/mol. The molecule has 0 bridgehead atoms. The van der Waals surface area contributed by atoms with Gasteiger partial charge in [-0.15, -0.1) is 0 Å². The molecule has 4 aromatic carbocycles. The zero-order valence-corrected chi connectivity index (χ0v) is 20.2. The number of benzene rings is 4. The molecule has 0 fully saturated rings. The first kappa shape index (κ1) is 25.0. The van der Waals surface area contributed by atoms with Crippen molar-refractivity contribution in [3.05, 3.63) is 139 Å². The highest BCUT2D eigenvalue weighted by Gasteiger charge is 2.15. The van der Waals surface area contributed by atoms with Gasteiger partial charge in [-0.25, -0.2) is 4.98 Å². The number of nitro groups is 2. The van der Waals surface area contributed by atoms with Crippen LogP contribution in [-0.4, -0.2) is 25.7 Å². The summed E-state index contributed by atoms with van der Waals surface area (Å²) in [5.41, 5.74) is 1.22. The molecule has 0 saturated carbocycles. The van der Waals surface area contributed by atoms with Gasteiger partial charge in [0.25, 0.3) is 16.9 Å². The van der Waals surface area contributed by atoms with Crippen LogP contribution in [0.2, 0.25) is 0 Å². The summed E-state index contributed by atoms with van der Waals surface area (Å²) in [7, 11) is 0. The predicted molar refractivity (Wildman–Crippen MR) is 145 cm³/mol. The van der Waals surface area contributed by atoms with Crippen LogP contribution in [0.1, 0.15) is 11.1 Å². The third kappa shape index (κ3) is 5.37. The molecule has 0 unspecified atom stereocenters. The summed E-state index contributed by atoms with van der Waals surface area (Å²) in [6.45, 7) is -0.0346. The van der Waals surface area contributed by atoms with E-state index in [9.17, 15) is 25.0 Å². The molecule has 0 aliphatic rings. The summed E-state index contributed by atoms with van der Waals surface area (Å²) in [5, 5.41) is 27.3. The van der Waals surface area contributed by atoms with Crippen LogP contribution in [0.5, 0.6) is 5.75 Å². The number of aromatic nitrogens is 2. The molecule has 11 heteroatoms. The quantitative estimate of drug-likeness (QED) is 0.152. The SMILES string of the molecule is O=c1c2ccccc2nc(-c2ccccc2)n1N=Cc1cc([N+](=O)[O-])ccc1OCc1cccc([N+](=O)[O-])c1.